The highest BCUT2D eigenvalue weighted by Crippen LogP contribution is 2.24. The van der Waals surface area contributed by atoms with Crippen molar-refractivity contribution in [2.24, 2.45) is 11.8 Å². The number of piperidine rings is 1. The topological polar surface area (TPSA) is 62.7 Å². The van der Waals surface area contributed by atoms with E-state index in [0.717, 1.165) is 32.1 Å². The SMILES string of the molecule is COCC1CC(=O)N(CC2CCN(C(=O)c3ccc(F)cn3)CC2)C1. The summed E-state index contributed by atoms with van der Waals surface area (Å²) in [5.74, 6) is 0.309. The lowest BCUT2D eigenvalue weighted by atomic mass is 9.96. The van der Waals surface area contributed by atoms with E-state index >= 15 is 0 Å². The lowest BCUT2D eigenvalue weighted by Gasteiger charge is -2.33. The van der Waals surface area contributed by atoms with E-state index in [2.05, 4.69) is 4.98 Å². The van der Waals surface area contributed by atoms with Gasteiger partial charge in [-0.25, -0.2) is 9.37 Å². The molecule has 1 aromatic heterocycles. The van der Waals surface area contributed by atoms with Crippen molar-refractivity contribution in [2.75, 3.05) is 39.9 Å². The maximum absolute atomic E-state index is 12.9. The second kappa shape index (κ2) is 7.91. The van der Waals surface area contributed by atoms with Crippen molar-refractivity contribution in [3.8, 4) is 0 Å². The van der Waals surface area contributed by atoms with Crippen molar-refractivity contribution in [1.82, 2.24) is 14.8 Å². The smallest absolute Gasteiger partial charge is 0.272 e. The van der Waals surface area contributed by atoms with E-state index in [4.69, 9.17) is 4.74 Å². The van der Waals surface area contributed by atoms with Crippen LogP contribution < -0.4 is 0 Å². The Bertz CT molecular complexity index is 614. The number of amides is 2. The predicted molar refractivity (Wildman–Crippen MR) is 89.4 cm³/mol. The minimum atomic E-state index is -0.447. The molecule has 2 amide bonds. The Morgan fingerprint density at radius 3 is 2.72 bits per heavy atom. The first kappa shape index (κ1) is 17.8. The van der Waals surface area contributed by atoms with Crippen molar-refractivity contribution >= 4 is 11.8 Å². The van der Waals surface area contributed by atoms with Crippen LogP contribution in [0.1, 0.15) is 29.8 Å². The zero-order valence-corrected chi connectivity index (χ0v) is 14.5. The fourth-order valence-electron chi connectivity index (χ4n) is 3.67. The van der Waals surface area contributed by atoms with Gasteiger partial charge in [-0.05, 0) is 30.9 Å². The summed E-state index contributed by atoms with van der Waals surface area (Å²) in [7, 11) is 1.66. The molecular weight excluding hydrogens is 325 g/mol. The first-order valence-electron chi connectivity index (χ1n) is 8.74. The minimum absolute atomic E-state index is 0.157. The summed E-state index contributed by atoms with van der Waals surface area (Å²) in [5, 5.41) is 0. The van der Waals surface area contributed by atoms with Crippen LogP contribution in [-0.2, 0) is 9.53 Å². The number of nitrogens with zero attached hydrogens (tertiary/aromatic N) is 3. The van der Waals surface area contributed by atoms with E-state index in [-0.39, 0.29) is 17.5 Å². The molecule has 2 aliphatic rings. The second-order valence-electron chi connectivity index (χ2n) is 6.92. The van der Waals surface area contributed by atoms with Crippen LogP contribution >= 0.6 is 0 Å². The molecule has 0 aliphatic carbocycles. The summed E-state index contributed by atoms with van der Waals surface area (Å²) in [6.07, 6.45) is 3.37. The molecule has 1 atom stereocenters. The third-order valence-electron chi connectivity index (χ3n) is 5.02. The van der Waals surface area contributed by atoms with Gasteiger partial charge >= 0.3 is 0 Å². The molecule has 0 aromatic carbocycles. The number of aromatic nitrogens is 1. The number of likely N-dealkylation sites (tertiary alicyclic amines) is 2. The molecule has 1 unspecified atom stereocenters. The summed E-state index contributed by atoms with van der Waals surface area (Å²) < 4.78 is 18.1. The normalized spacial score (nSPS) is 21.8. The molecule has 2 saturated heterocycles. The molecule has 0 N–H and O–H groups in total. The number of hydrogen-bond donors (Lipinski definition) is 0. The van der Waals surface area contributed by atoms with Crippen LogP contribution in [0.3, 0.4) is 0 Å². The Labute approximate surface area is 147 Å². The van der Waals surface area contributed by atoms with Gasteiger partial charge in [-0.1, -0.05) is 0 Å². The van der Waals surface area contributed by atoms with E-state index in [0.29, 0.717) is 38.0 Å². The zero-order chi connectivity index (χ0) is 17.8. The fourth-order valence-corrected chi connectivity index (χ4v) is 3.67. The van der Waals surface area contributed by atoms with Crippen LogP contribution in [0.2, 0.25) is 0 Å². The van der Waals surface area contributed by atoms with E-state index in [1.165, 1.54) is 12.1 Å². The number of pyridine rings is 1. The molecule has 3 rings (SSSR count). The second-order valence-corrected chi connectivity index (χ2v) is 6.92. The number of hydrogen-bond acceptors (Lipinski definition) is 4. The monoisotopic (exact) mass is 349 g/mol. The van der Waals surface area contributed by atoms with Crippen LogP contribution in [0.25, 0.3) is 0 Å². The molecule has 0 saturated carbocycles. The number of carbonyl (C=O) groups is 2. The summed E-state index contributed by atoms with van der Waals surface area (Å²) in [6, 6.07) is 2.67. The fraction of sp³-hybridized carbons (Fsp3) is 0.611. The highest BCUT2D eigenvalue weighted by molar-refractivity contribution is 5.92. The molecule has 1 aromatic rings. The lowest BCUT2D eigenvalue weighted by Crippen LogP contribution is -2.42. The average molecular weight is 349 g/mol. The number of rotatable bonds is 5. The Kier molecular flexibility index (Phi) is 5.63. The number of methoxy groups -OCH3 is 1. The number of carbonyl (C=O) groups excluding carboxylic acids is 2. The maximum atomic E-state index is 12.9. The molecule has 0 spiro atoms. The van der Waals surface area contributed by atoms with Crippen LogP contribution in [0.5, 0.6) is 0 Å². The highest BCUT2D eigenvalue weighted by atomic mass is 19.1. The van der Waals surface area contributed by atoms with Crippen LogP contribution in [0, 0.1) is 17.7 Å². The van der Waals surface area contributed by atoms with Crippen molar-refractivity contribution < 1.29 is 18.7 Å². The maximum Gasteiger partial charge on any atom is 0.272 e. The van der Waals surface area contributed by atoms with Gasteiger partial charge in [-0.3, -0.25) is 9.59 Å². The number of ether oxygens (including phenoxy) is 1. The molecule has 2 fully saturated rings. The van der Waals surface area contributed by atoms with Gasteiger partial charge in [0, 0.05) is 45.6 Å². The van der Waals surface area contributed by atoms with Crippen molar-refractivity contribution in [3.05, 3.63) is 29.8 Å². The summed E-state index contributed by atoms with van der Waals surface area (Å²) in [6.45, 7) is 3.44. The van der Waals surface area contributed by atoms with E-state index in [1.54, 1.807) is 12.0 Å². The van der Waals surface area contributed by atoms with Gasteiger partial charge in [0.05, 0.1) is 12.8 Å². The zero-order valence-electron chi connectivity index (χ0n) is 14.5. The van der Waals surface area contributed by atoms with Gasteiger partial charge in [0.15, 0.2) is 0 Å². The molecule has 3 heterocycles. The predicted octanol–water partition coefficient (Wildman–Crippen LogP) is 1.57. The quantitative estimate of drug-likeness (QED) is 0.809. The van der Waals surface area contributed by atoms with Crippen molar-refractivity contribution in [3.63, 3.8) is 0 Å². The van der Waals surface area contributed by atoms with Crippen LogP contribution in [0.15, 0.2) is 18.3 Å². The van der Waals surface area contributed by atoms with Gasteiger partial charge in [-0.15, -0.1) is 0 Å². The Hall–Kier alpha value is -2.02. The molecule has 7 heteroatoms. The molecular formula is C18H24FN3O3. The van der Waals surface area contributed by atoms with Crippen LogP contribution in [-0.4, -0.2) is 66.5 Å². The summed E-state index contributed by atoms with van der Waals surface area (Å²) in [5.41, 5.74) is 0.275. The first-order valence-corrected chi connectivity index (χ1v) is 8.74. The van der Waals surface area contributed by atoms with Gasteiger partial charge in [0.1, 0.15) is 11.5 Å². The third-order valence-corrected chi connectivity index (χ3v) is 5.02. The lowest BCUT2D eigenvalue weighted by molar-refractivity contribution is -0.128. The molecule has 6 nitrogen and oxygen atoms in total. The van der Waals surface area contributed by atoms with Gasteiger partial charge in [-0.2, -0.15) is 0 Å². The Morgan fingerprint density at radius 1 is 1.32 bits per heavy atom. The molecule has 136 valence electrons. The summed E-state index contributed by atoms with van der Waals surface area (Å²) >= 11 is 0. The standard InChI is InChI=1S/C18H24FN3O3/c1-25-12-14-8-17(23)22(11-14)10-13-4-6-21(7-5-13)18(24)16-3-2-15(19)9-20-16/h2-3,9,13-14H,4-8,10-12H2,1H3. The van der Waals surface area contributed by atoms with Gasteiger partial charge in [0.25, 0.3) is 5.91 Å². The largest absolute Gasteiger partial charge is 0.384 e. The van der Waals surface area contributed by atoms with E-state index < -0.39 is 5.82 Å². The van der Waals surface area contributed by atoms with E-state index in [9.17, 15) is 14.0 Å². The minimum Gasteiger partial charge on any atom is -0.384 e. The van der Waals surface area contributed by atoms with Gasteiger partial charge < -0.3 is 14.5 Å². The molecule has 0 radical (unpaired) electrons. The molecule has 25 heavy (non-hydrogen) atoms. The highest BCUT2D eigenvalue weighted by Gasteiger charge is 2.32. The third kappa shape index (κ3) is 4.34. The van der Waals surface area contributed by atoms with Gasteiger partial charge in [0.2, 0.25) is 5.91 Å². The Morgan fingerprint density at radius 2 is 2.08 bits per heavy atom. The van der Waals surface area contributed by atoms with Crippen molar-refractivity contribution in [1.29, 1.82) is 0 Å². The average Bonchev–Trinajstić information content (AvgIpc) is 2.95. The van der Waals surface area contributed by atoms with Crippen molar-refractivity contribution in [2.45, 2.75) is 19.3 Å². The Balaban J connectivity index is 1.48. The summed E-state index contributed by atoms with van der Waals surface area (Å²) in [4.78, 5) is 32.0. The molecule has 0 bridgehead atoms. The number of halogens is 1. The first-order chi connectivity index (χ1) is 12.1. The van der Waals surface area contributed by atoms with E-state index in [1.807, 2.05) is 4.90 Å². The molecule has 2 aliphatic heterocycles. The van der Waals surface area contributed by atoms with Crippen LogP contribution in [0.4, 0.5) is 4.39 Å².